The maximum absolute atomic E-state index is 12.3. The Balaban J connectivity index is 1.57. The van der Waals surface area contributed by atoms with E-state index in [1.54, 1.807) is 20.9 Å². The summed E-state index contributed by atoms with van der Waals surface area (Å²) in [6, 6.07) is 5.85. The zero-order valence-electron chi connectivity index (χ0n) is 17.2. The Morgan fingerprint density at radius 1 is 1.14 bits per heavy atom. The van der Waals surface area contributed by atoms with Gasteiger partial charge in [0.25, 0.3) is 11.7 Å². The summed E-state index contributed by atoms with van der Waals surface area (Å²) >= 11 is 0. The van der Waals surface area contributed by atoms with Crippen LogP contribution in [0.25, 0.3) is 0 Å². The number of hydrogen-bond donors (Lipinski definition) is 1. The molecule has 2 heterocycles. The third-order valence-corrected chi connectivity index (χ3v) is 5.21. The predicted octanol–water partition coefficient (Wildman–Crippen LogP) is 2.31. The number of Topliss-reactive ketones (excluding diaryl/α,β-unsaturated/α-hetero) is 1. The molecule has 29 heavy (non-hydrogen) atoms. The number of benzene rings is 1. The normalized spacial score (nSPS) is 13.4. The van der Waals surface area contributed by atoms with E-state index in [9.17, 15) is 14.4 Å². The van der Waals surface area contributed by atoms with Crippen LogP contribution in [-0.2, 0) is 21.4 Å². The molecule has 0 saturated carbocycles. The monoisotopic (exact) mass is 398 g/mol. The molecule has 8 nitrogen and oxygen atoms in total. The molecule has 2 aromatic rings. The quantitative estimate of drug-likeness (QED) is 0.456. The summed E-state index contributed by atoms with van der Waals surface area (Å²) in [5.74, 6) is -2.37. The van der Waals surface area contributed by atoms with E-state index in [2.05, 4.69) is 15.3 Å². The number of ketones is 1. The van der Waals surface area contributed by atoms with Gasteiger partial charge < -0.3 is 15.0 Å². The zero-order valence-corrected chi connectivity index (χ0v) is 17.2. The largest absolute Gasteiger partial charge is 0.450 e. The molecule has 0 aliphatic carbocycles. The molecule has 1 aromatic carbocycles. The first-order valence-corrected chi connectivity index (χ1v) is 9.65. The maximum atomic E-state index is 12.3. The van der Waals surface area contributed by atoms with Crippen LogP contribution in [0.1, 0.15) is 40.2 Å². The van der Waals surface area contributed by atoms with Gasteiger partial charge in [0.2, 0.25) is 0 Å². The average Bonchev–Trinajstić information content (AvgIpc) is 3.30. The SMILES string of the molecule is Cc1cc(N2CCCC2)ccc1NC(=O)COC(=O)C(=O)c1c(C)nn(C)c1C. The van der Waals surface area contributed by atoms with Crippen LogP contribution in [0.3, 0.4) is 0 Å². The van der Waals surface area contributed by atoms with Crippen LogP contribution in [0.15, 0.2) is 18.2 Å². The van der Waals surface area contributed by atoms with Crippen LogP contribution in [0.4, 0.5) is 11.4 Å². The Kier molecular flexibility index (Phi) is 6.00. The van der Waals surface area contributed by atoms with E-state index < -0.39 is 24.3 Å². The number of ether oxygens (including phenoxy) is 1. The van der Waals surface area contributed by atoms with Gasteiger partial charge in [0.1, 0.15) is 0 Å². The van der Waals surface area contributed by atoms with Crippen molar-refractivity contribution in [2.45, 2.75) is 33.6 Å². The van der Waals surface area contributed by atoms with Crippen molar-refractivity contribution < 1.29 is 19.1 Å². The number of esters is 1. The summed E-state index contributed by atoms with van der Waals surface area (Å²) in [4.78, 5) is 38.9. The van der Waals surface area contributed by atoms with E-state index >= 15 is 0 Å². The third-order valence-electron chi connectivity index (χ3n) is 5.21. The predicted molar refractivity (Wildman–Crippen MR) is 109 cm³/mol. The average molecular weight is 398 g/mol. The number of rotatable bonds is 6. The molecule has 1 aromatic heterocycles. The first-order valence-electron chi connectivity index (χ1n) is 9.65. The summed E-state index contributed by atoms with van der Waals surface area (Å²) in [6.07, 6.45) is 2.39. The first kappa shape index (κ1) is 20.6. The van der Waals surface area contributed by atoms with E-state index in [0.29, 0.717) is 17.1 Å². The number of carbonyl (C=O) groups is 3. The lowest BCUT2D eigenvalue weighted by atomic mass is 10.1. The standard InChI is InChI=1S/C21H26N4O4/c1-13-11-16(25-9-5-6-10-25)7-8-17(13)22-18(26)12-29-21(28)20(27)19-14(2)23-24(4)15(19)3/h7-8,11H,5-6,9-10,12H2,1-4H3,(H,22,26). The van der Waals surface area contributed by atoms with Crippen LogP contribution in [-0.4, -0.2) is 47.1 Å². The summed E-state index contributed by atoms with van der Waals surface area (Å²) < 4.78 is 6.44. The number of nitrogens with one attached hydrogen (secondary N) is 1. The molecule has 3 rings (SSSR count). The number of nitrogens with zero attached hydrogens (tertiary/aromatic N) is 3. The molecule has 0 radical (unpaired) electrons. The fourth-order valence-corrected chi connectivity index (χ4v) is 3.55. The summed E-state index contributed by atoms with van der Waals surface area (Å²) in [5.41, 5.74) is 3.95. The molecule has 1 saturated heterocycles. The van der Waals surface area contributed by atoms with E-state index in [4.69, 9.17) is 4.74 Å². The minimum atomic E-state index is -1.07. The van der Waals surface area contributed by atoms with Gasteiger partial charge in [-0.3, -0.25) is 14.3 Å². The number of aromatic nitrogens is 2. The molecule has 1 fully saturated rings. The van der Waals surface area contributed by atoms with Gasteiger partial charge in [-0.1, -0.05) is 0 Å². The van der Waals surface area contributed by atoms with E-state index in [1.807, 2.05) is 25.1 Å². The Hall–Kier alpha value is -3.16. The minimum absolute atomic E-state index is 0.214. The zero-order chi connectivity index (χ0) is 21.1. The molecule has 0 unspecified atom stereocenters. The maximum Gasteiger partial charge on any atom is 0.380 e. The molecule has 0 spiro atoms. The molecule has 0 bridgehead atoms. The number of aryl methyl sites for hydroxylation is 3. The van der Waals surface area contributed by atoms with Gasteiger partial charge in [0.05, 0.1) is 11.3 Å². The van der Waals surface area contributed by atoms with Crippen molar-refractivity contribution >= 4 is 29.0 Å². The van der Waals surface area contributed by atoms with Gasteiger partial charge in [0, 0.05) is 37.2 Å². The van der Waals surface area contributed by atoms with Crippen LogP contribution in [0.5, 0.6) is 0 Å². The van der Waals surface area contributed by atoms with Crippen LogP contribution >= 0.6 is 0 Å². The van der Waals surface area contributed by atoms with Crippen molar-refractivity contribution in [2.24, 2.45) is 7.05 Å². The fraction of sp³-hybridized carbons (Fsp3) is 0.429. The number of amides is 1. The van der Waals surface area contributed by atoms with Crippen LogP contribution < -0.4 is 10.2 Å². The third kappa shape index (κ3) is 4.47. The smallest absolute Gasteiger partial charge is 0.380 e. The van der Waals surface area contributed by atoms with Gasteiger partial charge in [-0.2, -0.15) is 5.10 Å². The molecule has 0 atom stereocenters. The van der Waals surface area contributed by atoms with Crippen molar-refractivity contribution in [3.63, 3.8) is 0 Å². The number of carbonyl (C=O) groups excluding carboxylic acids is 3. The van der Waals surface area contributed by atoms with Crippen LogP contribution in [0.2, 0.25) is 0 Å². The molecule has 1 aliphatic rings. The summed E-state index contributed by atoms with van der Waals surface area (Å²) in [7, 11) is 1.69. The number of hydrogen-bond acceptors (Lipinski definition) is 6. The van der Waals surface area contributed by atoms with Gasteiger partial charge >= 0.3 is 5.97 Å². The van der Waals surface area contributed by atoms with Gasteiger partial charge in [0.15, 0.2) is 6.61 Å². The van der Waals surface area contributed by atoms with E-state index in [1.165, 1.54) is 17.5 Å². The summed E-state index contributed by atoms with van der Waals surface area (Å²) in [6.45, 7) is 6.82. The van der Waals surface area contributed by atoms with Gasteiger partial charge in [-0.15, -0.1) is 0 Å². The molecular formula is C21H26N4O4. The highest BCUT2D eigenvalue weighted by Gasteiger charge is 2.26. The topological polar surface area (TPSA) is 93.5 Å². The van der Waals surface area contributed by atoms with Crippen molar-refractivity contribution in [1.29, 1.82) is 0 Å². The van der Waals surface area contributed by atoms with Crippen molar-refractivity contribution in [3.05, 3.63) is 40.7 Å². The molecule has 154 valence electrons. The lowest BCUT2D eigenvalue weighted by Gasteiger charge is -2.19. The van der Waals surface area contributed by atoms with Gasteiger partial charge in [-0.25, -0.2) is 4.79 Å². The van der Waals surface area contributed by atoms with E-state index in [0.717, 1.165) is 24.3 Å². The lowest BCUT2D eigenvalue weighted by molar-refractivity contribution is -0.142. The van der Waals surface area contributed by atoms with Crippen molar-refractivity contribution in [2.75, 3.05) is 29.9 Å². The highest BCUT2D eigenvalue weighted by Crippen LogP contribution is 2.25. The first-order chi connectivity index (χ1) is 13.8. The second-order valence-corrected chi connectivity index (χ2v) is 7.32. The molecule has 8 heteroatoms. The Labute approximate surface area is 169 Å². The second kappa shape index (κ2) is 8.46. The van der Waals surface area contributed by atoms with Crippen molar-refractivity contribution in [3.8, 4) is 0 Å². The summed E-state index contributed by atoms with van der Waals surface area (Å²) in [5, 5.41) is 6.84. The van der Waals surface area contributed by atoms with Crippen LogP contribution in [0, 0.1) is 20.8 Å². The molecule has 1 N–H and O–H groups in total. The Morgan fingerprint density at radius 2 is 1.83 bits per heavy atom. The molecular weight excluding hydrogens is 372 g/mol. The highest BCUT2D eigenvalue weighted by atomic mass is 16.5. The minimum Gasteiger partial charge on any atom is -0.450 e. The fourth-order valence-electron chi connectivity index (χ4n) is 3.55. The van der Waals surface area contributed by atoms with Gasteiger partial charge in [-0.05, 0) is 57.4 Å². The second-order valence-electron chi connectivity index (χ2n) is 7.32. The van der Waals surface area contributed by atoms with E-state index in [-0.39, 0.29) is 5.56 Å². The van der Waals surface area contributed by atoms with Crippen molar-refractivity contribution in [1.82, 2.24) is 9.78 Å². The molecule has 1 aliphatic heterocycles. The Bertz CT molecular complexity index is 958. The Morgan fingerprint density at radius 3 is 2.41 bits per heavy atom. The molecule has 1 amide bonds. The number of anilines is 2. The lowest BCUT2D eigenvalue weighted by Crippen LogP contribution is -2.26. The highest BCUT2D eigenvalue weighted by molar-refractivity contribution is 6.41.